The van der Waals surface area contributed by atoms with E-state index in [0.717, 1.165) is 0 Å². The average Bonchev–Trinajstić information content (AvgIpc) is 2.60. The minimum absolute atomic E-state index is 0.0392. The van der Waals surface area contributed by atoms with Crippen LogP contribution in [-0.4, -0.2) is 27.1 Å². The van der Waals surface area contributed by atoms with Crippen LogP contribution in [0.4, 0.5) is 0 Å². The van der Waals surface area contributed by atoms with Gasteiger partial charge in [-0.15, -0.1) is 0 Å². The summed E-state index contributed by atoms with van der Waals surface area (Å²) in [7, 11) is 1.82. The average molecular weight is 240 g/mol. The maximum Gasteiger partial charge on any atom is 0.357 e. The molecule has 0 N–H and O–H groups in total. The Balaban J connectivity index is 2.64. The molecular formula is C10H10ClN3O2. The summed E-state index contributed by atoms with van der Waals surface area (Å²) in [5, 5.41) is 0.683. The van der Waals surface area contributed by atoms with Crippen molar-refractivity contribution in [3.8, 4) is 0 Å². The molecule has 16 heavy (non-hydrogen) atoms. The zero-order valence-corrected chi connectivity index (χ0v) is 9.65. The third kappa shape index (κ3) is 1.74. The van der Waals surface area contributed by atoms with Crippen LogP contribution in [-0.2, 0) is 11.8 Å². The van der Waals surface area contributed by atoms with Gasteiger partial charge in [-0.3, -0.25) is 0 Å². The lowest BCUT2D eigenvalue weighted by molar-refractivity contribution is 0.0522. The van der Waals surface area contributed by atoms with Gasteiger partial charge < -0.3 is 9.30 Å². The second-order valence-electron chi connectivity index (χ2n) is 3.23. The highest BCUT2D eigenvalue weighted by Crippen LogP contribution is 2.19. The first kappa shape index (κ1) is 10.9. The van der Waals surface area contributed by atoms with Crippen LogP contribution in [0, 0.1) is 0 Å². The molecule has 84 valence electrons. The summed E-state index contributed by atoms with van der Waals surface area (Å²) in [6.07, 6.45) is 1.79. The summed E-state index contributed by atoms with van der Waals surface area (Å²) < 4.78 is 6.67. The number of hydrogen-bond donors (Lipinski definition) is 0. The minimum atomic E-state index is -0.483. The molecule has 0 aliphatic rings. The van der Waals surface area contributed by atoms with Crippen LogP contribution < -0.4 is 0 Å². The van der Waals surface area contributed by atoms with Crippen LogP contribution in [0.5, 0.6) is 0 Å². The molecule has 2 rings (SSSR count). The Morgan fingerprint density at radius 3 is 3.00 bits per heavy atom. The number of aryl methyl sites for hydroxylation is 1. The summed E-state index contributed by atoms with van der Waals surface area (Å²) in [5.41, 5.74) is 0.820. The molecule has 0 saturated heterocycles. The van der Waals surface area contributed by atoms with Gasteiger partial charge in [-0.25, -0.2) is 9.78 Å². The van der Waals surface area contributed by atoms with Gasteiger partial charge in [-0.05, 0) is 24.6 Å². The van der Waals surface area contributed by atoms with Gasteiger partial charge >= 0.3 is 5.97 Å². The van der Waals surface area contributed by atoms with Crippen molar-refractivity contribution in [1.82, 2.24) is 14.5 Å². The quantitative estimate of drug-likeness (QED) is 0.592. The molecule has 0 bridgehead atoms. The predicted molar refractivity (Wildman–Crippen MR) is 59.5 cm³/mol. The van der Waals surface area contributed by atoms with Crippen molar-refractivity contribution < 1.29 is 9.53 Å². The van der Waals surface area contributed by atoms with Crippen LogP contribution in [0.3, 0.4) is 0 Å². The van der Waals surface area contributed by atoms with E-state index in [1.54, 1.807) is 23.8 Å². The van der Waals surface area contributed by atoms with Gasteiger partial charge in [0.25, 0.3) is 0 Å². The van der Waals surface area contributed by atoms with Crippen molar-refractivity contribution in [3.05, 3.63) is 23.2 Å². The monoisotopic (exact) mass is 239 g/mol. The lowest BCUT2D eigenvalue weighted by Gasteiger charge is -2.03. The van der Waals surface area contributed by atoms with Crippen LogP contribution in [0.1, 0.15) is 17.4 Å². The standard InChI is InChI=1S/C10H10ClN3O2/c1-3-16-9(15)7-6-4-5-14(2)8(6)13-10(11)12-7/h4-5H,3H2,1-2H3. The molecule has 0 aromatic carbocycles. The van der Waals surface area contributed by atoms with E-state index in [2.05, 4.69) is 9.97 Å². The van der Waals surface area contributed by atoms with Gasteiger partial charge in [0.15, 0.2) is 5.69 Å². The number of carbonyl (C=O) groups is 1. The number of carbonyl (C=O) groups excluding carboxylic acids is 1. The molecule has 5 nitrogen and oxygen atoms in total. The molecule has 0 aliphatic carbocycles. The summed E-state index contributed by atoms with van der Waals surface area (Å²) >= 11 is 5.75. The molecule has 0 spiro atoms. The molecular weight excluding hydrogens is 230 g/mol. The van der Waals surface area contributed by atoms with Crippen LogP contribution in [0.25, 0.3) is 11.0 Å². The molecule has 0 unspecified atom stereocenters. The molecule has 0 fully saturated rings. The van der Waals surface area contributed by atoms with Crippen molar-refractivity contribution in [1.29, 1.82) is 0 Å². The molecule has 0 saturated carbocycles. The Bertz CT molecular complexity index is 550. The zero-order valence-electron chi connectivity index (χ0n) is 8.90. The molecule has 2 heterocycles. The minimum Gasteiger partial charge on any atom is -0.461 e. The van der Waals surface area contributed by atoms with Gasteiger partial charge in [-0.2, -0.15) is 4.98 Å². The number of esters is 1. The van der Waals surface area contributed by atoms with E-state index in [-0.39, 0.29) is 11.0 Å². The molecule has 0 aliphatic heterocycles. The normalized spacial score (nSPS) is 10.7. The van der Waals surface area contributed by atoms with E-state index in [4.69, 9.17) is 16.3 Å². The SMILES string of the molecule is CCOC(=O)c1nc(Cl)nc2c1ccn2C. The van der Waals surface area contributed by atoms with E-state index >= 15 is 0 Å². The van der Waals surface area contributed by atoms with E-state index in [1.165, 1.54) is 0 Å². The topological polar surface area (TPSA) is 57.0 Å². The van der Waals surface area contributed by atoms with Crippen molar-refractivity contribution in [2.24, 2.45) is 7.05 Å². The van der Waals surface area contributed by atoms with E-state index < -0.39 is 5.97 Å². The smallest absolute Gasteiger partial charge is 0.357 e. The Morgan fingerprint density at radius 1 is 1.56 bits per heavy atom. The third-order valence-corrected chi connectivity index (χ3v) is 2.33. The fraction of sp³-hybridized carbons (Fsp3) is 0.300. The van der Waals surface area contributed by atoms with Crippen LogP contribution in [0.2, 0.25) is 5.28 Å². The van der Waals surface area contributed by atoms with Gasteiger partial charge in [0.1, 0.15) is 5.65 Å². The summed E-state index contributed by atoms with van der Waals surface area (Å²) in [6, 6.07) is 1.76. The molecule has 2 aromatic rings. The first-order valence-electron chi connectivity index (χ1n) is 4.79. The predicted octanol–water partition coefficient (Wildman–Crippen LogP) is 1.80. The second-order valence-corrected chi connectivity index (χ2v) is 3.56. The Labute approximate surface area is 97.0 Å². The van der Waals surface area contributed by atoms with Crippen molar-refractivity contribution in [2.45, 2.75) is 6.92 Å². The Hall–Kier alpha value is -1.62. The summed E-state index contributed by atoms with van der Waals surface area (Å²) in [4.78, 5) is 19.6. The molecule has 0 atom stereocenters. The second kappa shape index (κ2) is 4.09. The fourth-order valence-electron chi connectivity index (χ4n) is 1.47. The van der Waals surface area contributed by atoms with Crippen molar-refractivity contribution in [3.63, 3.8) is 0 Å². The Kier molecular flexibility index (Phi) is 2.78. The highest BCUT2D eigenvalue weighted by atomic mass is 35.5. The number of hydrogen-bond acceptors (Lipinski definition) is 4. The summed E-state index contributed by atoms with van der Waals surface area (Å²) in [6.45, 7) is 2.04. The van der Waals surface area contributed by atoms with Crippen molar-refractivity contribution >= 4 is 28.6 Å². The van der Waals surface area contributed by atoms with Gasteiger partial charge in [0.05, 0.1) is 12.0 Å². The highest BCUT2D eigenvalue weighted by molar-refractivity contribution is 6.28. The Morgan fingerprint density at radius 2 is 2.31 bits per heavy atom. The summed E-state index contributed by atoms with van der Waals surface area (Å²) in [5.74, 6) is -0.483. The maximum absolute atomic E-state index is 11.6. The number of ether oxygens (including phenoxy) is 1. The maximum atomic E-state index is 11.6. The molecule has 2 aromatic heterocycles. The number of nitrogens with zero attached hydrogens (tertiary/aromatic N) is 3. The number of fused-ring (bicyclic) bond motifs is 1. The largest absolute Gasteiger partial charge is 0.461 e. The van der Waals surface area contributed by atoms with Gasteiger partial charge in [0, 0.05) is 13.2 Å². The molecule has 6 heteroatoms. The van der Waals surface area contributed by atoms with E-state index in [1.807, 2.05) is 7.05 Å². The van der Waals surface area contributed by atoms with Crippen LogP contribution in [0.15, 0.2) is 12.3 Å². The van der Waals surface area contributed by atoms with E-state index in [9.17, 15) is 4.79 Å². The number of rotatable bonds is 2. The fourth-order valence-corrected chi connectivity index (χ4v) is 1.63. The molecule has 0 amide bonds. The lowest BCUT2D eigenvalue weighted by Crippen LogP contribution is -2.08. The third-order valence-electron chi connectivity index (χ3n) is 2.17. The molecule has 0 radical (unpaired) electrons. The first-order chi connectivity index (χ1) is 7.63. The highest BCUT2D eigenvalue weighted by Gasteiger charge is 2.16. The number of aromatic nitrogens is 3. The van der Waals surface area contributed by atoms with Gasteiger partial charge in [-0.1, -0.05) is 0 Å². The van der Waals surface area contributed by atoms with Crippen LogP contribution >= 0.6 is 11.6 Å². The van der Waals surface area contributed by atoms with Gasteiger partial charge in [0.2, 0.25) is 5.28 Å². The first-order valence-corrected chi connectivity index (χ1v) is 5.17. The number of halogens is 1. The van der Waals surface area contributed by atoms with Crippen molar-refractivity contribution in [2.75, 3.05) is 6.61 Å². The lowest BCUT2D eigenvalue weighted by atomic mass is 10.3. The zero-order chi connectivity index (χ0) is 11.7. The van der Waals surface area contributed by atoms with E-state index in [0.29, 0.717) is 17.6 Å².